The first-order valence-electron chi connectivity index (χ1n) is 12.4. The number of H-pyrrole nitrogens is 1. The van der Waals surface area contributed by atoms with E-state index in [-0.39, 0.29) is 11.5 Å². The molecular weight excluding hydrogens is 456 g/mol. The predicted molar refractivity (Wildman–Crippen MR) is 140 cm³/mol. The molecule has 2 aliphatic heterocycles. The molecule has 2 aromatic carbocycles. The maximum absolute atomic E-state index is 13.0. The molecule has 188 valence electrons. The fourth-order valence-electron chi connectivity index (χ4n) is 4.87. The van der Waals surface area contributed by atoms with Crippen LogP contribution in [0.1, 0.15) is 16.1 Å². The van der Waals surface area contributed by atoms with Gasteiger partial charge in [-0.2, -0.15) is 0 Å². The van der Waals surface area contributed by atoms with E-state index in [1.54, 1.807) is 25.3 Å². The number of ether oxygens (including phenoxy) is 1. The molecule has 0 atom stereocenters. The van der Waals surface area contributed by atoms with Crippen LogP contribution in [0, 0.1) is 0 Å². The number of nitrogens with zero attached hydrogens (tertiary/aromatic N) is 5. The van der Waals surface area contributed by atoms with Crippen LogP contribution in [0.3, 0.4) is 0 Å². The number of aromatic amines is 1. The Morgan fingerprint density at radius 1 is 0.889 bits per heavy atom. The van der Waals surface area contributed by atoms with Crippen LogP contribution >= 0.6 is 0 Å². The number of benzene rings is 2. The van der Waals surface area contributed by atoms with E-state index in [1.807, 2.05) is 28.0 Å². The summed E-state index contributed by atoms with van der Waals surface area (Å²) >= 11 is 0. The molecule has 0 spiro atoms. The number of hydrogen-bond donors (Lipinski definition) is 1. The number of carbonyl (C=O) groups is 1. The molecule has 0 aliphatic carbocycles. The van der Waals surface area contributed by atoms with E-state index in [2.05, 4.69) is 39.0 Å². The van der Waals surface area contributed by atoms with Crippen molar-refractivity contribution in [2.45, 2.75) is 6.54 Å². The molecule has 1 amide bonds. The van der Waals surface area contributed by atoms with Crippen molar-refractivity contribution >= 4 is 17.5 Å². The quantitative estimate of drug-likeness (QED) is 0.569. The molecule has 9 heteroatoms. The molecule has 1 N–H and O–H groups in total. The molecule has 2 saturated heterocycles. The van der Waals surface area contributed by atoms with Crippen molar-refractivity contribution in [3.8, 4) is 5.75 Å². The van der Waals surface area contributed by atoms with Gasteiger partial charge in [-0.3, -0.25) is 19.5 Å². The third-order valence-corrected chi connectivity index (χ3v) is 6.87. The van der Waals surface area contributed by atoms with E-state index >= 15 is 0 Å². The van der Waals surface area contributed by atoms with Crippen molar-refractivity contribution in [1.82, 2.24) is 19.8 Å². The summed E-state index contributed by atoms with van der Waals surface area (Å²) in [5.74, 6) is 1.11. The lowest BCUT2D eigenvalue weighted by atomic mass is 10.1. The van der Waals surface area contributed by atoms with Gasteiger partial charge in [-0.25, -0.2) is 4.98 Å². The van der Waals surface area contributed by atoms with Crippen LogP contribution in [0.25, 0.3) is 0 Å². The molecule has 5 rings (SSSR count). The third kappa shape index (κ3) is 5.36. The van der Waals surface area contributed by atoms with E-state index in [0.717, 1.165) is 31.9 Å². The summed E-state index contributed by atoms with van der Waals surface area (Å²) in [4.78, 5) is 41.7. The summed E-state index contributed by atoms with van der Waals surface area (Å²) in [6, 6.07) is 19.3. The Hall–Kier alpha value is -3.85. The monoisotopic (exact) mass is 488 g/mol. The number of methoxy groups -OCH3 is 1. The molecular formula is C27H32N6O3. The minimum Gasteiger partial charge on any atom is -0.496 e. The fraction of sp³-hybridized carbons (Fsp3) is 0.370. The van der Waals surface area contributed by atoms with Crippen LogP contribution in [-0.4, -0.2) is 85.1 Å². The van der Waals surface area contributed by atoms with E-state index in [1.165, 1.54) is 5.69 Å². The summed E-state index contributed by atoms with van der Waals surface area (Å²) in [7, 11) is 1.57. The first kappa shape index (κ1) is 23.9. The maximum atomic E-state index is 13.0. The highest BCUT2D eigenvalue weighted by molar-refractivity contribution is 5.97. The average Bonchev–Trinajstić information content (AvgIpc) is 2.93. The normalized spacial score (nSPS) is 16.8. The number of anilines is 2. The molecule has 0 radical (unpaired) electrons. The zero-order valence-corrected chi connectivity index (χ0v) is 20.6. The van der Waals surface area contributed by atoms with Crippen LogP contribution in [0.2, 0.25) is 0 Å². The predicted octanol–water partition coefficient (Wildman–Crippen LogP) is 2.06. The number of para-hydroxylation sites is 2. The van der Waals surface area contributed by atoms with Gasteiger partial charge in [0.2, 0.25) is 5.95 Å². The van der Waals surface area contributed by atoms with E-state index in [9.17, 15) is 9.59 Å². The highest BCUT2D eigenvalue weighted by Gasteiger charge is 2.25. The molecule has 0 unspecified atom stereocenters. The van der Waals surface area contributed by atoms with Gasteiger partial charge < -0.3 is 19.4 Å². The largest absolute Gasteiger partial charge is 0.496 e. The average molecular weight is 489 g/mol. The van der Waals surface area contributed by atoms with Gasteiger partial charge in [-0.1, -0.05) is 30.3 Å². The van der Waals surface area contributed by atoms with Crippen LogP contribution in [0.4, 0.5) is 11.6 Å². The number of amides is 1. The Bertz CT molecular complexity index is 1230. The van der Waals surface area contributed by atoms with Gasteiger partial charge in [0.05, 0.1) is 18.4 Å². The van der Waals surface area contributed by atoms with Gasteiger partial charge in [0.25, 0.3) is 11.5 Å². The molecule has 3 aromatic rings. The van der Waals surface area contributed by atoms with Crippen molar-refractivity contribution in [3.63, 3.8) is 0 Å². The fourth-order valence-corrected chi connectivity index (χ4v) is 4.87. The van der Waals surface area contributed by atoms with E-state index in [4.69, 9.17) is 9.72 Å². The summed E-state index contributed by atoms with van der Waals surface area (Å²) in [5.41, 5.74) is 2.44. The van der Waals surface area contributed by atoms with Gasteiger partial charge in [-0.15, -0.1) is 0 Å². The lowest BCUT2D eigenvalue weighted by Crippen LogP contribution is -2.49. The SMILES string of the molecule is COc1ccccc1C(=O)N1CCN(c2nc(CN3CCN(c4ccccc4)CC3)cc(=O)[nH]2)CC1. The standard InChI is InChI=1S/C27H32N6O3/c1-36-24-10-6-5-9-23(24)26(35)32-15-17-33(18-16-32)27-28-21(19-25(34)29-27)20-30-11-13-31(14-12-30)22-7-3-2-4-8-22/h2-10,19H,11-18,20H2,1H3,(H,28,29,34). The van der Waals surface area contributed by atoms with Crippen molar-refractivity contribution in [2.24, 2.45) is 0 Å². The summed E-state index contributed by atoms with van der Waals surface area (Å²) in [6.45, 7) is 6.67. The number of rotatable bonds is 6. The van der Waals surface area contributed by atoms with Gasteiger partial charge in [-0.05, 0) is 24.3 Å². The molecule has 2 aliphatic rings. The Labute approximate surface area is 210 Å². The van der Waals surface area contributed by atoms with Crippen molar-refractivity contribution < 1.29 is 9.53 Å². The summed E-state index contributed by atoms with van der Waals surface area (Å²) in [5, 5.41) is 0. The van der Waals surface area contributed by atoms with Gasteiger partial charge in [0, 0.05) is 70.7 Å². The lowest BCUT2D eigenvalue weighted by Gasteiger charge is -2.36. The molecule has 3 heterocycles. The van der Waals surface area contributed by atoms with Crippen LogP contribution in [-0.2, 0) is 6.54 Å². The van der Waals surface area contributed by atoms with Crippen molar-refractivity contribution in [3.05, 3.63) is 82.3 Å². The number of aromatic nitrogens is 2. The highest BCUT2D eigenvalue weighted by atomic mass is 16.5. The lowest BCUT2D eigenvalue weighted by molar-refractivity contribution is 0.0743. The minimum atomic E-state index is -0.148. The molecule has 2 fully saturated rings. The third-order valence-electron chi connectivity index (χ3n) is 6.87. The number of carbonyl (C=O) groups excluding carboxylic acids is 1. The second-order valence-electron chi connectivity index (χ2n) is 9.14. The van der Waals surface area contributed by atoms with Gasteiger partial charge in [0.15, 0.2) is 0 Å². The van der Waals surface area contributed by atoms with E-state index in [0.29, 0.717) is 50.0 Å². The topological polar surface area (TPSA) is 85.0 Å². The second-order valence-corrected chi connectivity index (χ2v) is 9.14. The minimum absolute atomic E-state index is 0.0445. The zero-order chi connectivity index (χ0) is 24.9. The number of hydrogen-bond acceptors (Lipinski definition) is 7. The van der Waals surface area contributed by atoms with Crippen molar-refractivity contribution in [2.75, 3.05) is 69.3 Å². The molecule has 1 aromatic heterocycles. The second kappa shape index (κ2) is 10.8. The Morgan fingerprint density at radius 2 is 1.56 bits per heavy atom. The smallest absolute Gasteiger partial charge is 0.257 e. The van der Waals surface area contributed by atoms with Gasteiger partial charge >= 0.3 is 0 Å². The van der Waals surface area contributed by atoms with Crippen LogP contribution in [0.15, 0.2) is 65.5 Å². The van der Waals surface area contributed by atoms with Gasteiger partial charge in [0.1, 0.15) is 5.75 Å². The van der Waals surface area contributed by atoms with E-state index < -0.39 is 0 Å². The van der Waals surface area contributed by atoms with Crippen LogP contribution in [0.5, 0.6) is 5.75 Å². The zero-order valence-electron chi connectivity index (χ0n) is 20.6. The maximum Gasteiger partial charge on any atom is 0.257 e. The number of piperazine rings is 2. The summed E-state index contributed by atoms with van der Waals surface area (Å²) in [6.07, 6.45) is 0. The Kier molecular flexibility index (Phi) is 7.18. The molecule has 0 saturated carbocycles. The first-order valence-corrected chi connectivity index (χ1v) is 12.4. The Morgan fingerprint density at radius 3 is 2.28 bits per heavy atom. The molecule has 9 nitrogen and oxygen atoms in total. The highest BCUT2D eigenvalue weighted by Crippen LogP contribution is 2.21. The molecule has 0 bridgehead atoms. The molecule has 36 heavy (non-hydrogen) atoms. The van der Waals surface area contributed by atoms with Crippen molar-refractivity contribution in [1.29, 1.82) is 0 Å². The van der Waals surface area contributed by atoms with Crippen LogP contribution < -0.4 is 20.1 Å². The summed E-state index contributed by atoms with van der Waals surface area (Å²) < 4.78 is 5.35. The number of nitrogens with one attached hydrogen (secondary N) is 1. The Balaban J connectivity index is 1.18. The first-order chi connectivity index (χ1) is 17.6.